The largest absolute Gasteiger partial charge is 0.467 e. The Labute approximate surface area is 167 Å². The van der Waals surface area contributed by atoms with Crippen LogP contribution in [0.25, 0.3) is 0 Å². The van der Waals surface area contributed by atoms with Crippen LogP contribution in [0.2, 0.25) is 0 Å². The number of ether oxygens (including phenoxy) is 1. The van der Waals surface area contributed by atoms with Crippen molar-refractivity contribution in [3.63, 3.8) is 0 Å². The molecule has 1 aliphatic rings. The van der Waals surface area contributed by atoms with Crippen LogP contribution in [-0.4, -0.2) is 49.7 Å². The second-order valence-corrected chi connectivity index (χ2v) is 7.40. The van der Waals surface area contributed by atoms with Crippen molar-refractivity contribution < 1.29 is 9.53 Å². The van der Waals surface area contributed by atoms with Crippen LogP contribution in [0.15, 0.2) is 24.3 Å². The van der Waals surface area contributed by atoms with Gasteiger partial charge in [0.15, 0.2) is 5.82 Å². The van der Waals surface area contributed by atoms with E-state index in [9.17, 15) is 4.79 Å². The van der Waals surface area contributed by atoms with Crippen molar-refractivity contribution in [1.82, 2.24) is 30.2 Å². The molecule has 150 valence electrons. The molecule has 0 saturated carbocycles. The zero-order chi connectivity index (χ0) is 20.8. The van der Waals surface area contributed by atoms with Gasteiger partial charge in [-0.1, -0.05) is 12.1 Å². The number of nitrogens with two attached hydrogens (primary N) is 1. The van der Waals surface area contributed by atoms with Gasteiger partial charge in [0.2, 0.25) is 0 Å². The maximum Gasteiger partial charge on any atom is 0.318 e. The van der Waals surface area contributed by atoms with Crippen molar-refractivity contribution in [3.8, 4) is 6.01 Å². The summed E-state index contributed by atoms with van der Waals surface area (Å²) < 4.78 is 5.05. The Hall–Kier alpha value is -3.56. The molecule has 0 unspecified atom stereocenters. The number of carbonyl (C=O) groups excluding carboxylic acids is 1. The van der Waals surface area contributed by atoms with Crippen molar-refractivity contribution in [2.45, 2.75) is 25.7 Å². The maximum atomic E-state index is 13.0. The number of tetrazole rings is 1. The minimum atomic E-state index is -0.417. The van der Waals surface area contributed by atoms with E-state index in [1.165, 1.54) is 11.9 Å². The van der Waals surface area contributed by atoms with E-state index in [1.54, 1.807) is 11.9 Å². The lowest BCUT2D eigenvalue weighted by Gasteiger charge is -2.29. The Balaban J connectivity index is 1.63. The third-order valence-corrected chi connectivity index (χ3v) is 5.17. The van der Waals surface area contributed by atoms with E-state index >= 15 is 0 Å². The summed E-state index contributed by atoms with van der Waals surface area (Å²) in [6.45, 7) is 4.57. The van der Waals surface area contributed by atoms with Crippen LogP contribution in [0, 0.1) is 0 Å². The second-order valence-electron chi connectivity index (χ2n) is 7.40. The summed E-state index contributed by atoms with van der Waals surface area (Å²) in [5.41, 5.74) is 8.33. The van der Waals surface area contributed by atoms with Gasteiger partial charge in [-0.15, -0.1) is 10.2 Å². The Bertz CT molecular complexity index is 1070. The molecule has 0 bridgehead atoms. The highest BCUT2D eigenvalue weighted by Gasteiger charge is 2.32. The quantitative estimate of drug-likeness (QED) is 0.698. The van der Waals surface area contributed by atoms with Gasteiger partial charge >= 0.3 is 6.01 Å². The maximum absolute atomic E-state index is 13.0. The Kier molecular flexibility index (Phi) is 4.40. The minimum absolute atomic E-state index is 0.132. The second kappa shape index (κ2) is 6.80. The molecule has 3 aromatic rings. The fourth-order valence-electron chi connectivity index (χ4n) is 3.43. The molecule has 4 rings (SSSR count). The fraction of sp³-hybridized carbons (Fsp3) is 0.368. The predicted molar refractivity (Wildman–Crippen MR) is 106 cm³/mol. The first kappa shape index (κ1) is 18.8. The standard InChI is InChI=1S/C19H22N8O2/c1-19(2,17-23-25-26(3)24-17)11-5-7-12(8-6-11)27-10-9-13-14(16(27)28)15(20)22-18(21-13)29-4/h5-8H,9-10H2,1-4H3,(H2,20,21,22). The third kappa shape index (κ3) is 3.16. The van der Waals surface area contributed by atoms with E-state index in [0.29, 0.717) is 30.0 Å². The molecule has 2 N–H and O–H groups in total. The van der Waals surface area contributed by atoms with E-state index in [-0.39, 0.29) is 17.7 Å². The van der Waals surface area contributed by atoms with Gasteiger partial charge in [-0.05, 0) is 36.8 Å². The van der Waals surface area contributed by atoms with Crippen molar-refractivity contribution in [2.75, 3.05) is 24.3 Å². The number of hydrogen-bond donors (Lipinski definition) is 1. The summed E-state index contributed by atoms with van der Waals surface area (Å²) in [7, 11) is 3.21. The average molecular weight is 394 g/mol. The highest BCUT2D eigenvalue weighted by molar-refractivity contribution is 6.10. The molecular formula is C19H22N8O2. The molecule has 3 heterocycles. The minimum Gasteiger partial charge on any atom is -0.467 e. The number of amides is 1. The summed E-state index contributed by atoms with van der Waals surface area (Å²) in [5, 5.41) is 12.4. The van der Waals surface area contributed by atoms with E-state index < -0.39 is 5.41 Å². The zero-order valence-electron chi connectivity index (χ0n) is 16.7. The van der Waals surface area contributed by atoms with E-state index in [4.69, 9.17) is 10.5 Å². The fourth-order valence-corrected chi connectivity index (χ4v) is 3.43. The highest BCUT2D eigenvalue weighted by atomic mass is 16.5. The van der Waals surface area contributed by atoms with Crippen LogP contribution in [0.3, 0.4) is 0 Å². The molecular weight excluding hydrogens is 372 g/mol. The number of methoxy groups -OCH3 is 1. The highest BCUT2D eigenvalue weighted by Crippen LogP contribution is 2.32. The Morgan fingerprint density at radius 3 is 2.52 bits per heavy atom. The van der Waals surface area contributed by atoms with Crippen molar-refractivity contribution >= 4 is 17.4 Å². The smallest absolute Gasteiger partial charge is 0.318 e. The number of nitrogens with zero attached hydrogens (tertiary/aromatic N) is 7. The van der Waals surface area contributed by atoms with Crippen LogP contribution in [0.5, 0.6) is 6.01 Å². The van der Waals surface area contributed by atoms with Gasteiger partial charge < -0.3 is 15.4 Å². The number of anilines is 2. The molecule has 0 atom stereocenters. The van der Waals surface area contributed by atoms with Gasteiger partial charge in [0.25, 0.3) is 5.91 Å². The first-order valence-electron chi connectivity index (χ1n) is 9.18. The summed E-state index contributed by atoms with van der Waals surface area (Å²) in [4.78, 5) is 24.5. The average Bonchev–Trinajstić information content (AvgIpc) is 3.15. The Morgan fingerprint density at radius 1 is 1.17 bits per heavy atom. The van der Waals surface area contributed by atoms with Gasteiger partial charge in [-0.3, -0.25) is 4.79 Å². The SMILES string of the molecule is COc1nc(N)c2c(n1)CCN(c1ccc(C(C)(C)c3nnn(C)n3)cc1)C2=O. The number of aromatic nitrogens is 6. The summed E-state index contributed by atoms with van der Waals surface area (Å²) in [5.74, 6) is 0.552. The number of carbonyl (C=O) groups is 1. The van der Waals surface area contributed by atoms with Gasteiger partial charge in [0.05, 0.1) is 25.3 Å². The number of benzene rings is 1. The molecule has 0 aliphatic carbocycles. The number of hydrogen-bond acceptors (Lipinski definition) is 8. The molecule has 0 spiro atoms. The lowest BCUT2D eigenvalue weighted by atomic mass is 9.84. The molecule has 10 nitrogen and oxygen atoms in total. The molecule has 29 heavy (non-hydrogen) atoms. The van der Waals surface area contributed by atoms with Gasteiger partial charge in [-0.2, -0.15) is 14.8 Å². The number of rotatable bonds is 4. The Morgan fingerprint density at radius 2 is 1.90 bits per heavy atom. The number of aryl methyl sites for hydroxylation is 1. The first-order valence-corrected chi connectivity index (χ1v) is 9.18. The molecule has 1 amide bonds. The third-order valence-electron chi connectivity index (χ3n) is 5.17. The molecule has 1 aromatic carbocycles. The van der Waals surface area contributed by atoms with Gasteiger partial charge in [-0.25, -0.2) is 0 Å². The van der Waals surface area contributed by atoms with Gasteiger partial charge in [0, 0.05) is 18.7 Å². The van der Waals surface area contributed by atoms with Crippen LogP contribution >= 0.6 is 0 Å². The van der Waals surface area contributed by atoms with E-state index in [1.807, 2.05) is 38.1 Å². The van der Waals surface area contributed by atoms with Crippen molar-refractivity contribution in [2.24, 2.45) is 7.05 Å². The van der Waals surface area contributed by atoms with E-state index in [2.05, 4.69) is 25.4 Å². The van der Waals surface area contributed by atoms with Crippen LogP contribution in [0.1, 0.15) is 41.3 Å². The monoisotopic (exact) mass is 394 g/mol. The van der Waals surface area contributed by atoms with Crippen LogP contribution < -0.4 is 15.4 Å². The lowest BCUT2D eigenvalue weighted by molar-refractivity contribution is 0.0980. The van der Waals surface area contributed by atoms with E-state index in [0.717, 1.165) is 11.3 Å². The van der Waals surface area contributed by atoms with Crippen molar-refractivity contribution in [3.05, 3.63) is 46.9 Å². The van der Waals surface area contributed by atoms with Crippen molar-refractivity contribution in [1.29, 1.82) is 0 Å². The lowest BCUT2D eigenvalue weighted by Crippen LogP contribution is -2.39. The predicted octanol–water partition coefficient (Wildman–Crippen LogP) is 1.12. The molecule has 10 heteroatoms. The van der Waals surface area contributed by atoms with Gasteiger partial charge in [0.1, 0.15) is 11.4 Å². The molecule has 0 saturated heterocycles. The molecule has 0 radical (unpaired) electrons. The molecule has 1 aliphatic heterocycles. The number of fused-ring (bicyclic) bond motifs is 1. The molecule has 0 fully saturated rings. The summed E-state index contributed by atoms with van der Waals surface area (Å²) in [6, 6.07) is 7.95. The van der Waals surface area contributed by atoms with Crippen LogP contribution in [0.4, 0.5) is 11.5 Å². The molecule has 2 aromatic heterocycles. The first-order chi connectivity index (χ1) is 13.8. The number of nitrogen functional groups attached to an aromatic ring is 1. The zero-order valence-corrected chi connectivity index (χ0v) is 16.7. The summed E-state index contributed by atoms with van der Waals surface area (Å²) in [6.07, 6.45) is 0.570. The topological polar surface area (TPSA) is 125 Å². The normalized spacial score (nSPS) is 14.1. The summed E-state index contributed by atoms with van der Waals surface area (Å²) >= 11 is 0. The van der Waals surface area contributed by atoms with Crippen LogP contribution in [-0.2, 0) is 18.9 Å².